The van der Waals surface area contributed by atoms with Crippen LogP contribution >= 0.6 is 11.8 Å². The average Bonchev–Trinajstić information content (AvgIpc) is 2.51. The van der Waals surface area contributed by atoms with Gasteiger partial charge >= 0.3 is 0 Å². The quantitative estimate of drug-likeness (QED) is 0.697. The number of carbonyl (C=O) groups excluding carboxylic acids is 1. The predicted octanol–water partition coefficient (Wildman–Crippen LogP) is 0.374. The SMILES string of the molecule is CC(C)(C)NC(=O)[C@H]1N(C[C@H](O)CN)CSC1(C)C. The zero-order valence-corrected chi connectivity index (χ0v) is 13.4. The molecule has 0 aromatic carbocycles. The number of β-amino-alcohol motifs (C(OH)–C–C–N with tert-alkyl or cyclic N) is 1. The van der Waals surface area contributed by atoms with Gasteiger partial charge in [-0.3, -0.25) is 9.69 Å². The van der Waals surface area contributed by atoms with E-state index in [9.17, 15) is 9.90 Å². The van der Waals surface area contributed by atoms with Crippen LogP contribution in [-0.2, 0) is 4.79 Å². The highest BCUT2D eigenvalue weighted by Crippen LogP contribution is 2.39. The fourth-order valence-electron chi connectivity index (χ4n) is 2.27. The minimum Gasteiger partial charge on any atom is -0.390 e. The molecule has 1 aliphatic rings. The van der Waals surface area contributed by atoms with Crippen molar-refractivity contribution in [1.82, 2.24) is 10.2 Å². The Labute approximate surface area is 120 Å². The fraction of sp³-hybridized carbons (Fsp3) is 0.923. The molecule has 6 heteroatoms. The van der Waals surface area contributed by atoms with E-state index >= 15 is 0 Å². The number of nitrogens with one attached hydrogen (secondary N) is 1. The van der Waals surface area contributed by atoms with Gasteiger partial charge in [0.25, 0.3) is 0 Å². The van der Waals surface area contributed by atoms with E-state index in [1.54, 1.807) is 11.8 Å². The lowest BCUT2D eigenvalue weighted by Gasteiger charge is -2.33. The highest BCUT2D eigenvalue weighted by molar-refractivity contribution is 8.00. The number of rotatable bonds is 4. The molecule has 1 rings (SSSR count). The minimum atomic E-state index is -0.584. The van der Waals surface area contributed by atoms with E-state index in [1.807, 2.05) is 25.7 Å². The van der Waals surface area contributed by atoms with Crippen molar-refractivity contribution in [3.05, 3.63) is 0 Å². The molecular weight excluding hydrogens is 262 g/mol. The summed E-state index contributed by atoms with van der Waals surface area (Å²) in [7, 11) is 0. The monoisotopic (exact) mass is 289 g/mol. The first-order chi connectivity index (χ1) is 8.57. The highest BCUT2D eigenvalue weighted by Gasteiger charge is 2.46. The Hall–Kier alpha value is -0.300. The van der Waals surface area contributed by atoms with Crippen LogP contribution in [-0.4, -0.2) is 57.3 Å². The maximum absolute atomic E-state index is 12.5. The first kappa shape index (κ1) is 16.8. The molecule has 1 fully saturated rings. The number of amides is 1. The number of carbonyl (C=O) groups is 1. The molecular formula is C13H27N3O2S. The van der Waals surface area contributed by atoms with Gasteiger partial charge in [-0.05, 0) is 34.6 Å². The van der Waals surface area contributed by atoms with Crippen molar-refractivity contribution in [2.45, 2.75) is 57.1 Å². The highest BCUT2D eigenvalue weighted by atomic mass is 32.2. The van der Waals surface area contributed by atoms with E-state index < -0.39 is 6.10 Å². The third kappa shape index (κ3) is 4.63. The van der Waals surface area contributed by atoms with E-state index in [1.165, 1.54) is 0 Å². The summed E-state index contributed by atoms with van der Waals surface area (Å²) in [6.07, 6.45) is -0.584. The van der Waals surface area contributed by atoms with Crippen LogP contribution in [0.2, 0.25) is 0 Å². The smallest absolute Gasteiger partial charge is 0.239 e. The van der Waals surface area contributed by atoms with Gasteiger partial charge < -0.3 is 16.2 Å². The largest absolute Gasteiger partial charge is 0.390 e. The lowest BCUT2D eigenvalue weighted by Crippen LogP contribution is -2.56. The second-order valence-corrected chi connectivity index (χ2v) is 8.28. The van der Waals surface area contributed by atoms with Crippen molar-refractivity contribution in [3.63, 3.8) is 0 Å². The van der Waals surface area contributed by atoms with Gasteiger partial charge in [0, 0.05) is 29.3 Å². The molecule has 0 aliphatic carbocycles. The summed E-state index contributed by atoms with van der Waals surface area (Å²) < 4.78 is -0.163. The molecule has 0 aromatic rings. The molecule has 0 radical (unpaired) electrons. The molecule has 5 nitrogen and oxygen atoms in total. The Kier molecular flexibility index (Phi) is 5.28. The molecule has 19 heavy (non-hydrogen) atoms. The third-order valence-electron chi connectivity index (χ3n) is 3.09. The molecule has 1 saturated heterocycles. The van der Waals surface area contributed by atoms with Gasteiger partial charge in [-0.1, -0.05) is 0 Å². The Morgan fingerprint density at radius 1 is 1.58 bits per heavy atom. The van der Waals surface area contributed by atoms with Crippen LogP contribution in [0.5, 0.6) is 0 Å². The van der Waals surface area contributed by atoms with Crippen LogP contribution in [0, 0.1) is 0 Å². The van der Waals surface area contributed by atoms with Crippen molar-refractivity contribution >= 4 is 17.7 Å². The second kappa shape index (κ2) is 5.99. The lowest BCUT2D eigenvalue weighted by molar-refractivity contribution is -0.128. The maximum Gasteiger partial charge on any atom is 0.239 e. The fourth-order valence-corrected chi connectivity index (χ4v) is 3.43. The summed E-state index contributed by atoms with van der Waals surface area (Å²) in [5.74, 6) is 0.762. The van der Waals surface area contributed by atoms with Gasteiger partial charge in [-0.25, -0.2) is 0 Å². The predicted molar refractivity (Wildman–Crippen MR) is 80.0 cm³/mol. The van der Waals surface area contributed by atoms with Crippen LogP contribution in [0.1, 0.15) is 34.6 Å². The molecule has 0 unspecified atom stereocenters. The third-order valence-corrected chi connectivity index (χ3v) is 4.52. The molecule has 4 N–H and O–H groups in total. The van der Waals surface area contributed by atoms with Gasteiger partial charge in [0.15, 0.2) is 0 Å². The minimum absolute atomic E-state index is 0.0201. The van der Waals surface area contributed by atoms with Crippen LogP contribution in [0.15, 0.2) is 0 Å². The molecule has 0 bridgehead atoms. The molecule has 2 atom stereocenters. The number of nitrogens with two attached hydrogens (primary N) is 1. The van der Waals surface area contributed by atoms with E-state index in [0.29, 0.717) is 6.54 Å². The number of hydrogen-bond acceptors (Lipinski definition) is 5. The van der Waals surface area contributed by atoms with Gasteiger partial charge in [0.1, 0.15) is 6.04 Å². The van der Waals surface area contributed by atoms with E-state index in [4.69, 9.17) is 5.73 Å². The van der Waals surface area contributed by atoms with Gasteiger partial charge in [-0.15, -0.1) is 11.8 Å². The molecule has 0 saturated carbocycles. The summed E-state index contributed by atoms with van der Waals surface area (Å²) in [4.78, 5) is 14.5. The maximum atomic E-state index is 12.5. The first-order valence-electron chi connectivity index (χ1n) is 6.65. The Morgan fingerprint density at radius 3 is 2.63 bits per heavy atom. The topological polar surface area (TPSA) is 78.6 Å². The summed E-state index contributed by atoms with van der Waals surface area (Å²) in [5, 5.41) is 12.7. The molecule has 112 valence electrons. The normalized spacial score (nSPS) is 25.3. The molecule has 1 aliphatic heterocycles. The second-order valence-electron chi connectivity index (χ2n) is 6.68. The lowest BCUT2D eigenvalue weighted by atomic mass is 9.99. The zero-order chi connectivity index (χ0) is 14.8. The van der Waals surface area contributed by atoms with Crippen molar-refractivity contribution in [1.29, 1.82) is 0 Å². The van der Waals surface area contributed by atoms with E-state index in [2.05, 4.69) is 19.2 Å². The molecule has 0 spiro atoms. The Morgan fingerprint density at radius 2 is 2.16 bits per heavy atom. The summed E-state index contributed by atoms with van der Waals surface area (Å²) >= 11 is 1.74. The number of thioether (sulfide) groups is 1. The standard InChI is InChI=1S/C13H27N3O2S/c1-12(2,3)15-11(18)10-13(4,5)19-8-16(10)7-9(17)6-14/h9-10,17H,6-8,14H2,1-5H3,(H,15,18)/t9-,10-/m1/s1. The molecule has 0 aromatic heterocycles. The molecule has 1 amide bonds. The average molecular weight is 289 g/mol. The Balaban J connectivity index is 2.81. The van der Waals surface area contributed by atoms with Crippen LogP contribution < -0.4 is 11.1 Å². The van der Waals surface area contributed by atoms with Crippen molar-refractivity contribution < 1.29 is 9.90 Å². The van der Waals surface area contributed by atoms with E-state index in [0.717, 1.165) is 5.88 Å². The van der Waals surface area contributed by atoms with E-state index in [-0.39, 0.29) is 28.8 Å². The summed E-state index contributed by atoms with van der Waals surface area (Å²) in [6.45, 7) is 10.7. The van der Waals surface area contributed by atoms with Crippen LogP contribution in [0.25, 0.3) is 0 Å². The van der Waals surface area contributed by atoms with Gasteiger partial charge in [0.05, 0.1) is 6.10 Å². The van der Waals surface area contributed by atoms with Crippen LogP contribution in [0.4, 0.5) is 0 Å². The zero-order valence-electron chi connectivity index (χ0n) is 12.6. The van der Waals surface area contributed by atoms with Crippen LogP contribution in [0.3, 0.4) is 0 Å². The number of nitrogens with zero attached hydrogens (tertiary/aromatic N) is 1. The Bertz CT molecular complexity index is 328. The van der Waals surface area contributed by atoms with Crippen molar-refractivity contribution in [2.24, 2.45) is 5.73 Å². The first-order valence-corrected chi connectivity index (χ1v) is 7.63. The van der Waals surface area contributed by atoms with Gasteiger partial charge in [-0.2, -0.15) is 0 Å². The summed E-state index contributed by atoms with van der Waals surface area (Å²) in [6, 6.07) is -0.238. The molecule has 1 heterocycles. The summed E-state index contributed by atoms with van der Waals surface area (Å²) in [5.41, 5.74) is 5.21. The number of aliphatic hydroxyl groups excluding tert-OH is 1. The van der Waals surface area contributed by atoms with Crippen molar-refractivity contribution in [2.75, 3.05) is 19.0 Å². The number of hydrogen-bond donors (Lipinski definition) is 3. The van der Waals surface area contributed by atoms with Gasteiger partial charge in [0.2, 0.25) is 5.91 Å². The number of aliphatic hydroxyl groups is 1. The van der Waals surface area contributed by atoms with Crippen molar-refractivity contribution in [3.8, 4) is 0 Å².